The van der Waals surface area contributed by atoms with E-state index in [4.69, 9.17) is 16.6 Å². The lowest BCUT2D eigenvalue weighted by molar-refractivity contribution is -0.141. The summed E-state index contributed by atoms with van der Waals surface area (Å²) in [6, 6.07) is -2.70. The highest BCUT2D eigenvalue weighted by Gasteiger charge is 2.27. The molecule has 0 aromatic heterocycles. The molecule has 0 saturated carbocycles. The van der Waals surface area contributed by atoms with E-state index >= 15 is 0 Å². The van der Waals surface area contributed by atoms with Crippen LogP contribution < -0.4 is 22.1 Å². The topological polar surface area (TPSA) is 148 Å². The molecule has 3 atom stereocenters. The maximum absolute atomic E-state index is 12.2. The molecule has 0 fully saturated rings. The van der Waals surface area contributed by atoms with Crippen LogP contribution in [0, 0.1) is 5.92 Å². The molecular weight excluding hydrogens is 320 g/mol. The highest BCUT2D eigenvalue weighted by atomic mass is 32.1. The Bertz CT molecular complexity index is 406. The first-order valence-electron chi connectivity index (χ1n) is 7.64. The van der Waals surface area contributed by atoms with Crippen molar-refractivity contribution in [3.8, 4) is 0 Å². The molecule has 0 rings (SSSR count). The predicted octanol–water partition coefficient (Wildman–Crippen LogP) is -0.917. The summed E-state index contributed by atoms with van der Waals surface area (Å²) in [6.45, 7) is 4.08. The fourth-order valence-electron chi connectivity index (χ4n) is 1.79. The molecule has 23 heavy (non-hydrogen) atoms. The fraction of sp³-hybridized carbons (Fsp3) is 0.786. The number of nitrogens with two attached hydrogens (primary N) is 2. The molecule has 0 radical (unpaired) electrons. The van der Waals surface area contributed by atoms with E-state index in [1.165, 1.54) is 0 Å². The largest absolute Gasteiger partial charge is 0.480 e. The highest BCUT2D eigenvalue weighted by molar-refractivity contribution is 7.80. The number of rotatable bonds is 11. The standard InChI is InChI=1S/C14H28N4O4S/c1-8(2)11(16)13(20)17-9(5-3-4-6-15)12(19)18-10(7-23)14(21)22/h8-11,23H,3-7,15-16H2,1-2H3,(H,17,20)(H,18,19)(H,21,22). The zero-order valence-corrected chi connectivity index (χ0v) is 14.5. The number of carbonyl (C=O) groups is 3. The molecular formula is C14H28N4O4S. The molecule has 7 N–H and O–H groups in total. The van der Waals surface area contributed by atoms with E-state index in [2.05, 4.69) is 23.3 Å². The third-order valence-electron chi connectivity index (χ3n) is 3.40. The Hall–Kier alpha value is -1.32. The van der Waals surface area contributed by atoms with Crippen molar-refractivity contribution in [3.63, 3.8) is 0 Å². The number of amides is 2. The quantitative estimate of drug-likeness (QED) is 0.210. The van der Waals surface area contributed by atoms with E-state index in [0.717, 1.165) is 0 Å². The van der Waals surface area contributed by atoms with E-state index in [1.54, 1.807) is 13.8 Å². The molecule has 0 saturated heterocycles. The van der Waals surface area contributed by atoms with Crippen molar-refractivity contribution in [2.75, 3.05) is 12.3 Å². The van der Waals surface area contributed by atoms with E-state index < -0.39 is 35.9 Å². The Morgan fingerprint density at radius 2 is 1.65 bits per heavy atom. The van der Waals surface area contributed by atoms with Gasteiger partial charge in [-0.1, -0.05) is 13.8 Å². The van der Waals surface area contributed by atoms with Crippen molar-refractivity contribution < 1.29 is 19.5 Å². The normalized spacial score (nSPS) is 14.9. The van der Waals surface area contributed by atoms with Crippen LogP contribution in [0.4, 0.5) is 0 Å². The Morgan fingerprint density at radius 1 is 1.09 bits per heavy atom. The van der Waals surface area contributed by atoms with Crippen molar-refractivity contribution in [3.05, 3.63) is 0 Å². The van der Waals surface area contributed by atoms with Gasteiger partial charge in [0.2, 0.25) is 11.8 Å². The van der Waals surface area contributed by atoms with Crippen molar-refractivity contribution in [1.29, 1.82) is 0 Å². The average molecular weight is 348 g/mol. The molecule has 0 aromatic carbocycles. The Labute approximate surface area is 142 Å². The minimum absolute atomic E-state index is 0.0456. The van der Waals surface area contributed by atoms with Crippen LogP contribution in [0.15, 0.2) is 0 Å². The number of carboxylic acids is 1. The number of hydrogen-bond donors (Lipinski definition) is 6. The van der Waals surface area contributed by atoms with Gasteiger partial charge < -0.3 is 27.2 Å². The second-order valence-corrected chi connectivity index (χ2v) is 6.06. The summed E-state index contributed by atoms with van der Waals surface area (Å²) in [5.41, 5.74) is 11.2. The van der Waals surface area contributed by atoms with Crippen molar-refractivity contribution >= 4 is 30.4 Å². The second kappa shape index (κ2) is 11.3. The van der Waals surface area contributed by atoms with Crippen LogP contribution in [0.3, 0.4) is 0 Å². The van der Waals surface area contributed by atoms with Crippen LogP contribution in [0.5, 0.6) is 0 Å². The number of carboxylic acid groups (broad SMARTS) is 1. The van der Waals surface area contributed by atoms with Crippen molar-refractivity contribution in [2.24, 2.45) is 17.4 Å². The summed E-state index contributed by atoms with van der Waals surface area (Å²) in [6.07, 6.45) is 1.69. The molecule has 0 spiro atoms. The number of aliphatic carboxylic acids is 1. The maximum atomic E-state index is 12.2. The van der Waals surface area contributed by atoms with Gasteiger partial charge in [0, 0.05) is 5.75 Å². The van der Waals surface area contributed by atoms with Crippen LogP contribution in [0.2, 0.25) is 0 Å². The zero-order chi connectivity index (χ0) is 18.0. The number of hydrogen-bond acceptors (Lipinski definition) is 6. The molecule has 0 aliphatic rings. The maximum Gasteiger partial charge on any atom is 0.327 e. The third-order valence-corrected chi connectivity index (χ3v) is 3.76. The van der Waals surface area contributed by atoms with Crippen molar-refractivity contribution in [2.45, 2.75) is 51.2 Å². The first-order valence-corrected chi connectivity index (χ1v) is 8.27. The Kier molecular flexibility index (Phi) is 10.6. The fourth-order valence-corrected chi connectivity index (χ4v) is 2.04. The summed E-state index contributed by atoms with van der Waals surface area (Å²) < 4.78 is 0. The Morgan fingerprint density at radius 3 is 2.09 bits per heavy atom. The summed E-state index contributed by atoms with van der Waals surface area (Å²) >= 11 is 3.89. The monoisotopic (exact) mass is 348 g/mol. The highest BCUT2D eigenvalue weighted by Crippen LogP contribution is 2.05. The van der Waals surface area contributed by atoms with Gasteiger partial charge in [-0.3, -0.25) is 9.59 Å². The second-order valence-electron chi connectivity index (χ2n) is 5.70. The van der Waals surface area contributed by atoms with Gasteiger partial charge in [-0.2, -0.15) is 12.6 Å². The number of unbranched alkanes of at least 4 members (excludes halogenated alkanes) is 1. The molecule has 0 bridgehead atoms. The van der Waals surface area contributed by atoms with Gasteiger partial charge in [-0.25, -0.2) is 4.79 Å². The van der Waals surface area contributed by atoms with E-state index in [0.29, 0.717) is 25.8 Å². The molecule has 8 nitrogen and oxygen atoms in total. The Balaban J connectivity index is 4.87. The predicted molar refractivity (Wildman–Crippen MR) is 91.1 cm³/mol. The number of carbonyl (C=O) groups excluding carboxylic acids is 2. The molecule has 0 aliphatic heterocycles. The smallest absolute Gasteiger partial charge is 0.327 e. The van der Waals surface area contributed by atoms with Gasteiger partial charge in [-0.15, -0.1) is 0 Å². The summed E-state index contributed by atoms with van der Waals surface area (Å²) in [5, 5.41) is 13.9. The van der Waals surface area contributed by atoms with Crippen LogP contribution in [-0.4, -0.2) is 53.3 Å². The van der Waals surface area contributed by atoms with Crippen LogP contribution in [0.1, 0.15) is 33.1 Å². The summed E-state index contributed by atoms with van der Waals surface area (Å²) in [7, 11) is 0. The van der Waals surface area contributed by atoms with E-state index in [9.17, 15) is 14.4 Å². The molecule has 0 aliphatic carbocycles. The SMILES string of the molecule is CC(C)C(N)C(=O)NC(CCCCN)C(=O)NC(CS)C(=O)O. The molecule has 0 heterocycles. The molecule has 9 heteroatoms. The van der Waals surface area contributed by atoms with Gasteiger partial charge in [0.25, 0.3) is 0 Å². The minimum Gasteiger partial charge on any atom is -0.480 e. The number of thiol groups is 1. The molecule has 2 amide bonds. The molecule has 0 aromatic rings. The lowest BCUT2D eigenvalue weighted by Gasteiger charge is -2.23. The third kappa shape index (κ3) is 8.19. The van der Waals surface area contributed by atoms with Gasteiger partial charge in [0.15, 0.2) is 0 Å². The van der Waals surface area contributed by atoms with E-state index in [1.807, 2.05) is 0 Å². The summed E-state index contributed by atoms with van der Waals surface area (Å²) in [5.74, 6) is -2.31. The van der Waals surface area contributed by atoms with Gasteiger partial charge >= 0.3 is 5.97 Å². The molecule has 3 unspecified atom stereocenters. The number of nitrogens with one attached hydrogen (secondary N) is 2. The van der Waals surface area contributed by atoms with Gasteiger partial charge in [-0.05, 0) is 31.7 Å². The lowest BCUT2D eigenvalue weighted by Crippen LogP contribution is -2.55. The van der Waals surface area contributed by atoms with E-state index in [-0.39, 0.29) is 11.7 Å². The average Bonchev–Trinajstić information content (AvgIpc) is 2.49. The van der Waals surface area contributed by atoms with Crippen LogP contribution in [-0.2, 0) is 14.4 Å². The van der Waals surface area contributed by atoms with Gasteiger partial charge in [0.1, 0.15) is 12.1 Å². The zero-order valence-electron chi connectivity index (χ0n) is 13.6. The lowest BCUT2D eigenvalue weighted by atomic mass is 10.0. The van der Waals surface area contributed by atoms with Gasteiger partial charge in [0.05, 0.1) is 6.04 Å². The van der Waals surface area contributed by atoms with Crippen molar-refractivity contribution in [1.82, 2.24) is 10.6 Å². The minimum atomic E-state index is -1.18. The first-order chi connectivity index (χ1) is 10.7. The first kappa shape index (κ1) is 21.7. The van der Waals surface area contributed by atoms with Crippen LogP contribution in [0.25, 0.3) is 0 Å². The van der Waals surface area contributed by atoms with Crippen LogP contribution >= 0.6 is 12.6 Å². The molecule has 134 valence electrons. The summed E-state index contributed by atoms with van der Waals surface area (Å²) in [4.78, 5) is 35.3.